The van der Waals surface area contributed by atoms with E-state index in [-0.39, 0.29) is 6.61 Å². The Morgan fingerprint density at radius 2 is 2.00 bits per heavy atom. The van der Waals surface area contributed by atoms with E-state index in [1.54, 1.807) is 0 Å². The van der Waals surface area contributed by atoms with Crippen molar-refractivity contribution < 1.29 is 9.53 Å². The largest absolute Gasteiger partial charge is 0.443 e. The van der Waals surface area contributed by atoms with Crippen LogP contribution in [0.2, 0.25) is 0 Å². The van der Waals surface area contributed by atoms with E-state index in [1.807, 2.05) is 12.3 Å². The molecule has 1 aromatic heterocycles. The van der Waals surface area contributed by atoms with Crippen molar-refractivity contribution >= 4 is 6.09 Å². The van der Waals surface area contributed by atoms with Crippen LogP contribution in [0.15, 0.2) is 12.3 Å². The molecule has 0 bridgehead atoms. The topological polar surface area (TPSA) is 68.5 Å². The molecular formula is C16H25N3O2. The summed E-state index contributed by atoms with van der Waals surface area (Å²) in [4.78, 5) is 17.6. The number of fused-ring (bicyclic) bond motifs is 1. The van der Waals surface area contributed by atoms with Gasteiger partial charge in [-0.3, -0.25) is 9.88 Å². The molecule has 1 aliphatic carbocycles. The number of rotatable bonds is 7. The summed E-state index contributed by atoms with van der Waals surface area (Å²) in [5, 5.41) is 0. The molecule has 1 aromatic rings. The van der Waals surface area contributed by atoms with Crippen molar-refractivity contribution in [2.75, 3.05) is 13.1 Å². The fourth-order valence-electron chi connectivity index (χ4n) is 3.06. The minimum atomic E-state index is -0.757. The molecule has 0 saturated carbocycles. The van der Waals surface area contributed by atoms with Gasteiger partial charge in [-0.25, -0.2) is 4.79 Å². The molecule has 1 unspecified atom stereocenters. The van der Waals surface area contributed by atoms with Gasteiger partial charge >= 0.3 is 6.09 Å². The molecule has 0 saturated heterocycles. The van der Waals surface area contributed by atoms with Crippen LogP contribution in [0.3, 0.4) is 0 Å². The van der Waals surface area contributed by atoms with Gasteiger partial charge in [-0.1, -0.05) is 13.8 Å². The number of amides is 1. The third kappa shape index (κ3) is 4.17. The third-order valence-electron chi connectivity index (χ3n) is 3.95. The van der Waals surface area contributed by atoms with Crippen LogP contribution in [-0.4, -0.2) is 35.1 Å². The van der Waals surface area contributed by atoms with E-state index in [1.165, 1.54) is 24.0 Å². The summed E-state index contributed by atoms with van der Waals surface area (Å²) in [6.07, 6.45) is 5.66. The Morgan fingerprint density at radius 1 is 1.33 bits per heavy atom. The van der Waals surface area contributed by atoms with Crippen molar-refractivity contribution in [2.24, 2.45) is 5.73 Å². The number of nitrogens with two attached hydrogens (primary N) is 1. The first-order valence-electron chi connectivity index (χ1n) is 7.77. The summed E-state index contributed by atoms with van der Waals surface area (Å²) >= 11 is 0. The van der Waals surface area contributed by atoms with Crippen molar-refractivity contribution in [1.29, 1.82) is 0 Å². The Bertz CT molecular complexity index is 484. The lowest BCUT2D eigenvalue weighted by atomic mass is 10.1. The molecule has 0 spiro atoms. The number of pyridine rings is 1. The molecule has 1 heterocycles. The van der Waals surface area contributed by atoms with Gasteiger partial charge < -0.3 is 10.5 Å². The quantitative estimate of drug-likeness (QED) is 0.836. The molecule has 1 aliphatic rings. The molecule has 5 nitrogen and oxygen atoms in total. The SMILES string of the molecule is CCCN(CCC)C1Cc2cnc(COC(N)=O)cc2C1. The molecule has 2 N–H and O–H groups in total. The first-order valence-corrected chi connectivity index (χ1v) is 7.77. The number of carbonyl (C=O) groups is 1. The van der Waals surface area contributed by atoms with Crippen LogP contribution in [0.25, 0.3) is 0 Å². The summed E-state index contributed by atoms with van der Waals surface area (Å²) in [6.45, 7) is 6.91. The fourth-order valence-corrected chi connectivity index (χ4v) is 3.06. The summed E-state index contributed by atoms with van der Waals surface area (Å²) in [7, 11) is 0. The molecule has 0 fully saturated rings. The van der Waals surface area contributed by atoms with Gasteiger partial charge in [0, 0.05) is 12.2 Å². The predicted molar refractivity (Wildman–Crippen MR) is 82.0 cm³/mol. The van der Waals surface area contributed by atoms with Crippen molar-refractivity contribution in [1.82, 2.24) is 9.88 Å². The number of hydrogen-bond donors (Lipinski definition) is 1. The van der Waals surface area contributed by atoms with Crippen LogP contribution in [0.4, 0.5) is 4.79 Å². The van der Waals surface area contributed by atoms with E-state index in [2.05, 4.69) is 23.7 Å². The molecule has 21 heavy (non-hydrogen) atoms. The minimum absolute atomic E-state index is 0.154. The maximum Gasteiger partial charge on any atom is 0.404 e. The highest BCUT2D eigenvalue weighted by Crippen LogP contribution is 2.26. The third-order valence-corrected chi connectivity index (χ3v) is 3.95. The van der Waals surface area contributed by atoms with Gasteiger partial charge in [0.1, 0.15) is 6.61 Å². The molecule has 5 heteroatoms. The Morgan fingerprint density at radius 3 is 2.62 bits per heavy atom. The van der Waals surface area contributed by atoms with Crippen molar-refractivity contribution in [3.63, 3.8) is 0 Å². The summed E-state index contributed by atoms with van der Waals surface area (Å²) in [5.41, 5.74) is 8.40. The predicted octanol–water partition coefficient (Wildman–Crippen LogP) is 2.27. The van der Waals surface area contributed by atoms with Crippen molar-refractivity contribution in [3.8, 4) is 0 Å². The first-order chi connectivity index (χ1) is 10.1. The van der Waals surface area contributed by atoms with Gasteiger partial charge in [0.15, 0.2) is 0 Å². The molecule has 0 radical (unpaired) electrons. The van der Waals surface area contributed by atoms with Crippen LogP contribution >= 0.6 is 0 Å². The van der Waals surface area contributed by atoms with Crippen LogP contribution in [-0.2, 0) is 24.2 Å². The molecule has 1 atom stereocenters. The number of carbonyl (C=O) groups excluding carboxylic acids is 1. The smallest absolute Gasteiger partial charge is 0.404 e. The number of hydrogen-bond acceptors (Lipinski definition) is 4. The lowest BCUT2D eigenvalue weighted by molar-refractivity contribution is 0.149. The van der Waals surface area contributed by atoms with Crippen molar-refractivity contribution in [2.45, 2.75) is 52.2 Å². The lowest BCUT2D eigenvalue weighted by Crippen LogP contribution is -2.37. The van der Waals surface area contributed by atoms with Crippen LogP contribution in [0.1, 0.15) is 43.5 Å². The summed E-state index contributed by atoms with van der Waals surface area (Å²) < 4.78 is 4.81. The Hall–Kier alpha value is -1.62. The lowest BCUT2D eigenvalue weighted by Gasteiger charge is -2.27. The average Bonchev–Trinajstić information content (AvgIpc) is 2.87. The summed E-state index contributed by atoms with van der Waals surface area (Å²) in [5.74, 6) is 0. The highest BCUT2D eigenvalue weighted by atomic mass is 16.5. The maximum absolute atomic E-state index is 10.7. The van der Waals surface area contributed by atoms with E-state index in [9.17, 15) is 4.79 Å². The number of primary amides is 1. The maximum atomic E-state index is 10.7. The molecule has 2 rings (SSSR count). The van der Waals surface area contributed by atoms with Crippen molar-refractivity contribution in [3.05, 3.63) is 29.1 Å². The van der Waals surface area contributed by atoms with Crippen LogP contribution in [0.5, 0.6) is 0 Å². The van der Waals surface area contributed by atoms with E-state index >= 15 is 0 Å². The summed E-state index contributed by atoms with van der Waals surface area (Å²) in [6, 6.07) is 2.63. The van der Waals surface area contributed by atoms with Gasteiger partial charge in [0.05, 0.1) is 5.69 Å². The van der Waals surface area contributed by atoms with E-state index in [4.69, 9.17) is 10.5 Å². The Kier molecular flexibility index (Phi) is 5.56. The highest BCUT2D eigenvalue weighted by Gasteiger charge is 2.26. The monoisotopic (exact) mass is 291 g/mol. The van der Waals surface area contributed by atoms with Crippen LogP contribution < -0.4 is 5.73 Å². The standard InChI is InChI=1S/C16H25N3O2/c1-3-5-19(6-4-2)15-8-12-7-14(11-21-16(17)20)18-10-13(12)9-15/h7,10,15H,3-6,8-9,11H2,1-2H3,(H2,17,20). The van der Waals surface area contributed by atoms with E-state index in [0.29, 0.717) is 6.04 Å². The van der Waals surface area contributed by atoms with Gasteiger partial charge in [-0.2, -0.15) is 0 Å². The molecule has 1 amide bonds. The van der Waals surface area contributed by atoms with Gasteiger partial charge in [0.25, 0.3) is 0 Å². The second-order valence-corrected chi connectivity index (χ2v) is 5.65. The highest BCUT2D eigenvalue weighted by molar-refractivity contribution is 5.64. The number of nitrogens with zero attached hydrogens (tertiary/aromatic N) is 2. The first kappa shape index (κ1) is 15.8. The Balaban J connectivity index is 2.02. The minimum Gasteiger partial charge on any atom is -0.443 e. The van der Waals surface area contributed by atoms with E-state index in [0.717, 1.165) is 31.6 Å². The zero-order chi connectivity index (χ0) is 15.2. The van der Waals surface area contributed by atoms with E-state index < -0.39 is 6.09 Å². The Labute approximate surface area is 126 Å². The normalized spacial score (nSPS) is 17.0. The molecule has 116 valence electrons. The molecule has 0 aromatic carbocycles. The van der Waals surface area contributed by atoms with Gasteiger partial charge in [-0.15, -0.1) is 0 Å². The zero-order valence-corrected chi connectivity index (χ0v) is 13.0. The fraction of sp³-hybridized carbons (Fsp3) is 0.625. The van der Waals surface area contributed by atoms with Gasteiger partial charge in [-0.05, 0) is 56.0 Å². The number of aromatic nitrogens is 1. The average molecular weight is 291 g/mol. The molecular weight excluding hydrogens is 266 g/mol. The number of ether oxygens (including phenoxy) is 1. The second kappa shape index (κ2) is 7.41. The molecule has 0 aliphatic heterocycles. The second-order valence-electron chi connectivity index (χ2n) is 5.65. The zero-order valence-electron chi connectivity index (χ0n) is 13.0. The van der Waals surface area contributed by atoms with Crippen LogP contribution in [0, 0.1) is 0 Å². The van der Waals surface area contributed by atoms with Gasteiger partial charge in [0.2, 0.25) is 0 Å².